The van der Waals surface area contributed by atoms with Gasteiger partial charge >= 0.3 is 0 Å². The van der Waals surface area contributed by atoms with Crippen molar-refractivity contribution in [2.75, 3.05) is 31.5 Å². The van der Waals surface area contributed by atoms with E-state index in [4.69, 9.17) is 0 Å². The highest BCUT2D eigenvalue weighted by molar-refractivity contribution is 9.09. The van der Waals surface area contributed by atoms with Crippen LogP contribution in [0.5, 0.6) is 0 Å². The van der Waals surface area contributed by atoms with Gasteiger partial charge in [0.15, 0.2) is 0 Å². The minimum atomic E-state index is 0.242. The number of hydrogen-bond donors (Lipinski definition) is 0. The van der Waals surface area contributed by atoms with Crippen LogP contribution >= 0.6 is 15.9 Å². The van der Waals surface area contributed by atoms with Gasteiger partial charge in [0.2, 0.25) is 5.91 Å². The second-order valence-corrected chi connectivity index (χ2v) is 4.72. The summed E-state index contributed by atoms with van der Waals surface area (Å²) in [6.45, 7) is 4.37. The topological polar surface area (TPSA) is 23.6 Å². The second kappa shape index (κ2) is 4.62. The predicted molar refractivity (Wildman–Crippen MR) is 59.6 cm³/mol. The third-order valence-electron chi connectivity index (χ3n) is 3.29. The smallest absolute Gasteiger partial charge is 0.233 e. The van der Waals surface area contributed by atoms with Crippen molar-refractivity contribution in [1.29, 1.82) is 0 Å². The molecule has 0 aliphatic carbocycles. The zero-order chi connectivity index (χ0) is 9.97. The number of nitrogens with zero attached hydrogens (tertiary/aromatic N) is 2. The Balaban J connectivity index is 1.84. The maximum absolute atomic E-state index is 11.4. The number of rotatable bonds is 2. The monoisotopic (exact) mass is 260 g/mol. The molecule has 3 nitrogen and oxygen atoms in total. The summed E-state index contributed by atoms with van der Waals surface area (Å²) in [5.74, 6) is 0.242. The Morgan fingerprint density at radius 2 is 2.00 bits per heavy atom. The van der Waals surface area contributed by atoms with Gasteiger partial charge in [-0.25, -0.2) is 0 Å². The Labute approximate surface area is 93.6 Å². The molecule has 0 aromatic carbocycles. The van der Waals surface area contributed by atoms with Gasteiger partial charge in [0.25, 0.3) is 0 Å². The minimum absolute atomic E-state index is 0.242. The fourth-order valence-corrected chi connectivity index (χ4v) is 2.81. The van der Waals surface area contributed by atoms with Crippen LogP contribution in [0.4, 0.5) is 0 Å². The van der Waals surface area contributed by atoms with Crippen molar-refractivity contribution in [3.63, 3.8) is 0 Å². The van der Waals surface area contributed by atoms with E-state index in [-0.39, 0.29) is 5.91 Å². The molecule has 80 valence electrons. The average molecular weight is 261 g/mol. The van der Waals surface area contributed by atoms with Gasteiger partial charge in [-0.2, -0.15) is 0 Å². The van der Waals surface area contributed by atoms with Crippen molar-refractivity contribution in [3.8, 4) is 0 Å². The first-order valence-electron chi connectivity index (χ1n) is 5.39. The first kappa shape index (κ1) is 10.4. The number of carbonyl (C=O) groups is 1. The number of halogens is 1. The summed E-state index contributed by atoms with van der Waals surface area (Å²) in [5.41, 5.74) is 0. The Kier molecular flexibility index (Phi) is 3.44. The lowest BCUT2D eigenvalue weighted by atomic mass is 10.2. The van der Waals surface area contributed by atoms with Crippen LogP contribution in [-0.4, -0.2) is 53.3 Å². The molecule has 0 aromatic heterocycles. The summed E-state index contributed by atoms with van der Waals surface area (Å²) in [6, 6.07) is 0.639. The molecule has 4 heteroatoms. The van der Waals surface area contributed by atoms with Crippen LogP contribution in [0.3, 0.4) is 0 Å². The molecule has 14 heavy (non-hydrogen) atoms. The van der Waals surface area contributed by atoms with E-state index in [0.717, 1.165) is 13.1 Å². The fourth-order valence-electron chi connectivity index (χ4n) is 2.46. The Hall–Kier alpha value is -0.0900. The molecular weight excluding hydrogens is 244 g/mol. The summed E-state index contributed by atoms with van der Waals surface area (Å²) in [6.07, 6.45) is 3.84. The van der Waals surface area contributed by atoms with Crippen molar-refractivity contribution in [2.24, 2.45) is 0 Å². The van der Waals surface area contributed by atoms with E-state index in [2.05, 4.69) is 20.8 Å². The molecule has 0 N–H and O–H groups in total. The Morgan fingerprint density at radius 3 is 2.64 bits per heavy atom. The van der Waals surface area contributed by atoms with Gasteiger partial charge in [0.05, 0.1) is 5.33 Å². The molecule has 2 heterocycles. The molecule has 0 saturated carbocycles. The number of amides is 1. The quantitative estimate of drug-likeness (QED) is 0.694. The molecule has 0 bridgehead atoms. The zero-order valence-corrected chi connectivity index (χ0v) is 10.0. The SMILES string of the molecule is O=C(CBr)N1CCC(N2CCCC2)C1. The predicted octanol–water partition coefficient (Wildman–Crippen LogP) is 1.08. The second-order valence-electron chi connectivity index (χ2n) is 4.16. The van der Waals surface area contributed by atoms with Gasteiger partial charge in [-0.3, -0.25) is 9.69 Å². The van der Waals surface area contributed by atoms with Gasteiger partial charge in [0.1, 0.15) is 0 Å². The normalized spacial score (nSPS) is 28.6. The maximum Gasteiger partial charge on any atom is 0.233 e. The Morgan fingerprint density at radius 1 is 1.29 bits per heavy atom. The molecule has 2 rings (SSSR count). The highest BCUT2D eigenvalue weighted by Crippen LogP contribution is 2.20. The summed E-state index contributed by atoms with van der Waals surface area (Å²) >= 11 is 3.22. The zero-order valence-electron chi connectivity index (χ0n) is 8.41. The number of carbonyl (C=O) groups excluding carboxylic acids is 1. The summed E-state index contributed by atoms with van der Waals surface area (Å²) in [4.78, 5) is 16.0. The average Bonchev–Trinajstić information content (AvgIpc) is 2.86. The molecule has 2 saturated heterocycles. The molecule has 1 amide bonds. The molecule has 0 aromatic rings. The van der Waals surface area contributed by atoms with Crippen LogP contribution in [0.1, 0.15) is 19.3 Å². The molecule has 2 aliphatic heterocycles. The number of hydrogen-bond acceptors (Lipinski definition) is 2. The third kappa shape index (κ3) is 2.11. The molecule has 2 fully saturated rings. The summed E-state index contributed by atoms with van der Waals surface area (Å²) < 4.78 is 0. The lowest BCUT2D eigenvalue weighted by Crippen LogP contribution is -2.37. The first-order valence-corrected chi connectivity index (χ1v) is 6.51. The van der Waals surface area contributed by atoms with Gasteiger partial charge in [-0.05, 0) is 32.4 Å². The van der Waals surface area contributed by atoms with Crippen molar-refractivity contribution >= 4 is 21.8 Å². The van der Waals surface area contributed by atoms with Crippen LogP contribution in [-0.2, 0) is 4.79 Å². The van der Waals surface area contributed by atoms with E-state index >= 15 is 0 Å². The molecule has 1 unspecified atom stereocenters. The van der Waals surface area contributed by atoms with E-state index in [9.17, 15) is 4.79 Å². The highest BCUT2D eigenvalue weighted by atomic mass is 79.9. The molecule has 1 atom stereocenters. The van der Waals surface area contributed by atoms with Crippen molar-refractivity contribution in [3.05, 3.63) is 0 Å². The lowest BCUT2D eigenvalue weighted by molar-refractivity contribution is -0.127. The van der Waals surface area contributed by atoms with Crippen LogP contribution in [0, 0.1) is 0 Å². The van der Waals surface area contributed by atoms with Gasteiger partial charge in [-0.15, -0.1) is 0 Å². The largest absolute Gasteiger partial charge is 0.340 e. The van der Waals surface area contributed by atoms with Crippen LogP contribution < -0.4 is 0 Å². The Bertz CT molecular complexity index is 216. The standard InChI is InChI=1S/C10H17BrN2O/c11-7-10(14)13-6-3-9(8-13)12-4-1-2-5-12/h9H,1-8H2. The van der Waals surface area contributed by atoms with Crippen molar-refractivity contribution in [2.45, 2.75) is 25.3 Å². The van der Waals surface area contributed by atoms with E-state index < -0.39 is 0 Å². The molecule has 0 spiro atoms. The fraction of sp³-hybridized carbons (Fsp3) is 0.900. The highest BCUT2D eigenvalue weighted by Gasteiger charge is 2.30. The minimum Gasteiger partial charge on any atom is -0.340 e. The van der Waals surface area contributed by atoms with Crippen LogP contribution in [0.2, 0.25) is 0 Å². The van der Waals surface area contributed by atoms with E-state index in [1.54, 1.807) is 0 Å². The molecule has 0 radical (unpaired) electrons. The summed E-state index contributed by atoms with van der Waals surface area (Å²) in [5, 5.41) is 0.472. The molecular formula is C10H17BrN2O. The number of likely N-dealkylation sites (tertiary alicyclic amines) is 2. The number of alkyl halides is 1. The van der Waals surface area contributed by atoms with Crippen LogP contribution in [0.25, 0.3) is 0 Å². The maximum atomic E-state index is 11.4. The van der Waals surface area contributed by atoms with E-state index in [1.807, 2.05) is 4.90 Å². The first-order chi connectivity index (χ1) is 6.81. The third-order valence-corrected chi connectivity index (χ3v) is 3.77. The molecule has 2 aliphatic rings. The van der Waals surface area contributed by atoms with Gasteiger partial charge in [0, 0.05) is 19.1 Å². The lowest BCUT2D eigenvalue weighted by Gasteiger charge is -2.23. The van der Waals surface area contributed by atoms with Crippen molar-refractivity contribution in [1.82, 2.24) is 9.80 Å². The van der Waals surface area contributed by atoms with Gasteiger partial charge in [-0.1, -0.05) is 15.9 Å². The van der Waals surface area contributed by atoms with Gasteiger partial charge < -0.3 is 4.90 Å². The van der Waals surface area contributed by atoms with E-state index in [0.29, 0.717) is 11.4 Å². The van der Waals surface area contributed by atoms with Crippen LogP contribution in [0.15, 0.2) is 0 Å². The summed E-state index contributed by atoms with van der Waals surface area (Å²) in [7, 11) is 0. The van der Waals surface area contributed by atoms with Crippen molar-refractivity contribution < 1.29 is 4.79 Å². The van der Waals surface area contributed by atoms with E-state index in [1.165, 1.54) is 32.4 Å².